The fourth-order valence-electron chi connectivity index (χ4n) is 1.13. The molecule has 0 amide bonds. The van der Waals surface area contributed by atoms with Crippen molar-refractivity contribution < 1.29 is 12.6 Å². The summed E-state index contributed by atoms with van der Waals surface area (Å²) in [6.07, 6.45) is 1.25. The number of benzene rings is 1. The Morgan fingerprint density at radius 2 is 2.07 bits per heavy atom. The molecule has 0 fully saturated rings. The summed E-state index contributed by atoms with van der Waals surface area (Å²) in [6, 6.07) is 9.89. The van der Waals surface area contributed by atoms with E-state index >= 15 is 0 Å². The van der Waals surface area contributed by atoms with Gasteiger partial charge in [0.15, 0.2) is 0 Å². The summed E-state index contributed by atoms with van der Waals surface area (Å²) in [4.78, 5) is 0. The van der Waals surface area contributed by atoms with E-state index in [1.54, 1.807) is 0 Å². The van der Waals surface area contributed by atoms with Crippen LogP contribution in [0.3, 0.4) is 0 Å². The Hall–Kier alpha value is -1.30. The van der Waals surface area contributed by atoms with Gasteiger partial charge in [-0.3, -0.25) is 0 Å². The van der Waals surface area contributed by atoms with E-state index in [4.69, 9.17) is 12.6 Å². The number of hydrogen-bond donors (Lipinski definition) is 1. The van der Waals surface area contributed by atoms with Crippen LogP contribution in [-0.4, -0.2) is 18.3 Å². The zero-order chi connectivity index (χ0) is 12.6. The van der Waals surface area contributed by atoms with Gasteiger partial charge in [-0.1, -0.05) is 36.3 Å². The summed E-state index contributed by atoms with van der Waals surface area (Å²) in [7, 11) is 0. The Morgan fingerprint density at radius 1 is 1.27 bits per heavy atom. The molecule has 0 atom stereocenters. The maximum atomic E-state index is 8.70. The van der Waals surface area contributed by atoms with Gasteiger partial charge in [-0.15, -0.1) is 5.92 Å². The van der Waals surface area contributed by atoms with Crippen LogP contribution in [0.4, 0.5) is 0 Å². The summed E-state index contributed by atoms with van der Waals surface area (Å²) in [5.41, 5.74) is 1.13. The van der Waals surface area contributed by atoms with E-state index in [1.165, 1.54) is 0 Å². The van der Waals surface area contributed by atoms with Gasteiger partial charge in [-0.2, -0.15) is 0 Å². The van der Waals surface area contributed by atoms with Gasteiger partial charge in [0.2, 0.25) is 0 Å². The monoisotopic (exact) mass is 206 g/mol. The van der Waals surface area contributed by atoms with Crippen molar-refractivity contribution in [3.63, 3.8) is 0 Å². The first-order valence-corrected chi connectivity index (χ1v) is 4.92. The van der Waals surface area contributed by atoms with Gasteiger partial charge in [-0.05, 0) is 12.0 Å². The highest BCUT2D eigenvalue weighted by molar-refractivity contribution is 5.13. The summed E-state index contributed by atoms with van der Waals surface area (Å²) in [5.74, 6) is 4.68. The van der Waals surface area contributed by atoms with Crippen LogP contribution < -0.4 is 0 Å². The molecule has 0 aromatic heterocycles. The van der Waals surface area contributed by atoms with Gasteiger partial charge in [-0.25, -0.2) is 0 Å². The lowest BCUT2D eigenvalue weighted by molar-refractivity contribution is 0.119. The molecule has 1 aromatic rings. The van der Waals surface area contributed by atoms with Crippen LogP contribution in [0.5, 0.6) is 0 Å². The fourth-order valence-corrected chi connectivity index (χ4v) is 1.13. The van der Waals surface area contributed by atoms with E-state index in [0.29, 0.717) is 19.6 Å². The molecule has 1 aromatic carbocycles. The van der Waals surface area contributed by atoms with E-state index in [-0.39, 0.29) is 0 Å². The Kier molecular flexibility index (Phi) is 4.81. The number of unbranched alkanes of at least 4 members (excludes halogenated alkanes) is 1. The predicted molar refractivity (Wildman–Crippen MR) is 60.2 cm³/mol. The van der Waals surface area contributed by atoms with Crippen LogP contribution in [0.25, 0.3) is 0 Å². The van der Waals surface area contributed by atoms with E-state index in [9.17, 15) is 0 Å². The molecule has 0 spiro atoms. The van der Waals surface area contributed by atoms with Crippen molar-refractivity contribution in [2.24, 2.45) is 0 Å². The molecule has 0 aliphatic heterocycles. The van der Waals surface area contributed by atoms with E-state index < -0.39 is 6.56 Å². The van der Waals surface area contributed by atoms with Crippen LogP contribution in [0, 0.1) is 11.8 Å². The molecule has 0 unspecified atom stereocenters. The molecule has 0 saturated carbocycles. The van der Waals surface area contributed by atoms with Gasteiger partial charge >= 0.3 is 0 Å². The third-order valence-electron chi connectivity index (χ3n) is 1.85. The van der Waals surface area contributed by atoms with Gasteiger partial charge in [0.1, 0.15) is 6.56 Å². The average Bonchev–Trinajstić information content (AvgIpc) is 2.28. The number of ether oxygens (including phenoxy) is 1. The van der Waals surface area contributed by atoms with Gasteiger partial charge in [0, 0.05) is 13.0 Å². The lowest BCUT2D eigenvalue weighted by Gasteiger charge is -2.02. The minimum absolute atomic E-state index is 0.523. The van der Waals surface area contributed by atoms with Crippen molar-refractivity contribution >= 4 is 0 Å². The van der Waals surface area contributed by atoms with Crippen molar-refractivity contribution in [2.75, 3.05) is 13.2 Å². The lowest BCUT2D eigenvalue weighted by atomic mass is 10.2. The van der Waals surface area contributed by atoms with Crippen LogP contribution in [0.2, 0.25) is 0 Å². The second kappa shape index (κ2) is 8.05. The van der Waals surface area contributed by atoms with Crippen molar-refractivity contribution in [1.82, 2.24) is 0 Å². The molecule has 0 aliphatic rings. The quantitative estimate of drug-likeness (QED) is 0.589. The van der Waals surface area contributed by atoms with E-state index in [2.05, 4.69) is 11.8 Å². The van der Waals surface area contributed by atoms with Crippen molar-refractivity contribution in [3.05, 3.63) is 35.9 Å². The zero-order valence-corrected chi connectivity index (χ0v) is 8.57. The normalized spacial score (nSPS) is 12.3. The molecule has 0 saturated heterocycles. The third-order valence-corrected chi connectivity index (χ3v) is 1.85. The smallest absolute Gasteiger partial charge is 0.104 e. The standard InChI is InChI=1S/C13H16O2/c14-10-6-1-2-7-11-15-12-13-8-4-3-5-9-13/h3-5,8-9,14H,2,7,10-12H2/i10D2. The Labute approximate surface area is 93.7 Å². The zero-order valence-electron chi connectivity index (χ0n) is 10.6. The maximum absolute atomic E-state index is 8.70. The summed E-state index contributed by atoms with van der Waals surface area (Å²) >= 11 is 0. The average molecular weight is 206 g/mol. The molecule has 0 aliphatic carbocycles. The second-order valence-corrected chi connectivity index (χ2v) is 3.06. The largest absolute Gasteiger partial charge is 0.384 e. The molecule has 1 rings (SSSR count). The van der Waals surface area contributed by atoms with E-state index in [0.717, 1.165) is 12.0 Å². The molecule has 0 radical (unpaired) electrons. The van der Waals surface area contributed by atoms with E-state index in [1.807, 2.05) is 30.3 Å². The van der Waals surface area contributed by atoms with Crippen molar-refractivity contribution in [3.8, 4) is 11.8 Å². The van der Waals surface area contributed by atoms with Gasteiger partial charge in [0.05, 0.1) is 9.35 Å². The van der Waals surface area contributed by atoms with Crippen LogP contribution >= 0.6 is 0 Å². The summed E-state index contributed by atoms with van der Waals surface area (Å²) in [5, 5.41) is 8.70. The molecule has 2 heteroatoms. The van der Waals surface area contributed by atoms with Crippen molar-refractivity contribution in [2.45, 2.75) is 19.4 Å². The van der Waals surface area contributed by atoms with Crippen LogP contribution in [0.15, 0.2) is 30.3 Å². The topological polar surface area (TPSA) is 29.5 Å². The highest BCUT2D eigenvalue weighted by Crippen LogP contribution is 2.01. The first kappa shape index (κ1) is 8.96. The Morgan fingerprint density at radius 3 is 2.80 bits per heavy atom. The maximum Gasteiger partial charge on any atom is 0.104 e. The Bertz CT molecular complexity index is 374. The minimum Gasteiger partial charge on any atom is -0.384 e. The molecular weight excluding hydrogens is 188 g/mol. The molecule has 1 N–H and O–H groups in total. The van der Waals surface area contributed by atoms with Crippen LogP contribution in [-0.2, 0) is 11.3 Å². The molecular formula is C13H16O2. The molecule has 15 heavy (non-hydrogen) atoms. The lowest BCUT2D eigenvalue weighted by Crippen LogP contribution is -1.94. The molecule has 80 valence electrons. The summed E-state index contributed by atoms with van der Waals surface area (Å²) < 4.78 is 19.0. The SMILES string of the molecule is [2H]C([2H])(O)C#CCCCOCc1ccccc1. The summed E-state index contributed by atoms with van der Waals surface area (Å²) in [6.45, 7) is -1.22. The molecule has 2 nitrogen and oxygen atoms in total. The van der Waals surface area contributed by atoms with Crippen LogP contribution in [0.1, 0.15) is 21.1 Å². The van der Waals surface area contributed by atoms with Gasteiger partial charge in [0.25, 0.3) is 0 Å². The fraction of sp³-hybridized carbons (Fsp3) is 0.385. The van der Waals surface area contributed by atoms with Gasteiger partial charge < -0.3 is 9.84 Å². The second-order valence-electron chi connectivity index (χ2n) is 3.06. The highest BCUT2D eigenvalue weighted by Gasteiger charge is 1.90. The minimum atomic E-state index is -2.38. The number of hydrogen-bond acceptors (Lipinski definition) is 2. The number of rotatable bonds is 5. The highest BCUT2D eigenvalue weighted by atomic mass is 16.5. The molecule has 0 heterocycles. The predicted octanol–water partition coefficient (Wildman–Crippen LogP) is 1.98. The van der Waals surface area contributed by atoms with Crippen molar-refractivity contribution in [1.29, 1.82) is 0 Å². The Balaban J connectivity index is 2.07. The third kappa shape index (κ3) is 5.90. The number of aliphatic hydroxyl groups is 1. The first-order valence-electron chi connectivity index (χ1n) is 5.92. The first-order chi connectivity index (χ1) is 8.08. The molecule has 0 bridgehead atoms.